The SMILES string of the molecule is Cn1c(N[C@H]2CC[C@@H](OC(=O)OC(C)(C)C)C2)nc2c1c(=O)n(Cc1ccc(C(F)(F)F)cc1)c(=O)n2C. The first-order valence-electron chi connectivity index (χ1n) is 12.1. The van der Waals surface area contributed by atoms with Crippen LogP contribution in [0, 0.1) is 0 Å². The summed E-state index contributed by atoms with van der Waals surface area (Å²) in [7, 11) is 3.11. The molecule has 10 nitrogen and oxygen atoms in total. The fraction of sp³-hybridized carbons (Fsp3) is 0.520. The number of nitrogens with one attached hydrogen (secondary N) is 1. The van der Waals surface area contributed by atoms with Gasteiger partial charge in [0, 0.05) is 26.6 Å². The third kappa shape index (κ3) is 5.70. The number of fused-ring (bicyclic) bond motifs is 1. The van der Waals surface area contributed by atoms with Crippen LogP contribution in [0.3, 0.4) is 0 Å². The molecule has 1 aromatic carbocycles. The molecule has 1 fully saturated rings. The third-order valence-electron chi connectivity index (χ3n) is 6.35. The Morgan fingerprint density at radius 3 is 2.34 bits per heavy atom. The number of aromatic nitrogens is 4. The average Bonchev–Trinajstić information content (AvgIpc) is 3.37. The number of rotatable bonds is 5. The van der Waals surface area contributed by atoms with Crippen LogP contribution in [0.15, 0.2) is 33.9 Å². The molecule has 0 bridgehead atoms. The number of carbonyl (C=O) groups is 1. The highest BCUT2D eigenvalue weighted by Crippen LogP contribution is 2.29. The fourth-order valence-corrected chi connectivity index (χ4v) is 4.46. The van der Waals surface area contributed by atoms with Crippen molar-refractivity contribution < 1.29 is 27.4 Å². The highest BCUT2D eigenvalue weighted by Gasteiger charge is 2.31. The summed E-state index contributed by atoms with van der Waals surface area (Å²) in [6.07, 6.45) is -3.71. The minimum absolute atomic E-state index is 0.0932. The molecule has 0 aliphatic heterocycles. The van der Waals surface area contributed by atoms with Gasteiger partial charge in [0.1, 0.15) is 11.7 Å². The molecule has 206 valence electrons. The molecule has 2 heterocycles. The molecule has 3 aromatic rings. The van der Waals surface area contributed by atoms with Gasteiger partial charge in [0.15, 0.2) is 11.2 Å². The Morgan fingerprint density at radius 1 is 1.08 bits per heavy atom. The summed E-state index contributed by atoms with van der Waals surface area (Å²) >= 11 is 0. The van der Waals surface area contributed by atoms with Crippen LogP contribution >= 0.6 is 0 Å². The second-order valence-corrected chi connectivity index (χ2v) is 10.5. The Hall–Kier alpha value is -3.77. The van der Waals surface area contributed by atoms with E-state index in [1.54, 1.807) is 32.4 Å². The van der Waals surface area contributed by atoms with Gasteiger partial charge in [-0.1, -0.05) is 12.1 Å². The van der Waals surface area contributed by atoms with Gasteiger partial charge in [0.25, 0.3) is 5.56 Å². The van der Waals surface area contributed by atoms with E-state index in [-0.39, 0.29) is 29.9 Å². The van der Waals surface area contributed by atoms with Gasteiger partial charge in [-0.3, -0.25) is 13.9 Å². The highest BCUT2D eigenvalue weighted by atomic mass is 19.4. The molecule has 2 aromatic heterocycles. The van der Waals surface area contributed by atoms with Crippen LogP contribution in [0.1, 0.15) is 51.2 Å². The predicted octanol–water partition coefficient (Wildman–Crippen LogP) is 3.79. The van der Waals surface area contributed by atoms with Crippen molar-refractivity contribution in [2.75, 3.05) is 5.32 Å². The van der Waals surface area contributed by atoms with Gasteiger partial charge in [-0.05, 0) is 51.3 Å². The Kier molecular flexibility index (Phi) is 7.06. The van der Waals surface area contributed by atoms with Crippen molar-refractivity contribution in [2.24, 2.45) is 14.1 Å². The van der Waals surface area contributed by atoms with E-state index in [1.807, 2.05) is 0 Å². The van der Waals surface area contributed by atoms with Crippen LogP contribution in [0.25, 0.3) is 11.2 Å². The summed E-state index contributed by atoms with van der Waals surface area (Å²) in [5.74, 6) is 0.363. The molecule has 1 aliphatic rings. The summed E-state index contributed by atoms with van der Waals surface area (Å²) in [5, 5.41) is 3.26. The highest BCUT2D eigenvalue weighted by molar-refractivity contribution is 5.74. The molecule has 38 heavy (non-hydrogen) atoms. The zero-order chi connectivity index (χ0) is 28.0. The lowest BCUT2D eigenvalue weighted by Gasteiger charge is -2.21. The van der Waals surface area contributed by atoms with Crippen molar-refractivity contribution in [2.45, 2.75) is 70.5 Å². The van der Waals surface area contributed by atoms with E-state index in [2.05, 4.69) is 10.3 Å². The average molecular weight is 538 g/mol. The van der Waals surface area contributed by atoms with E-state index in [0.717, 1.165) is 16.7 Å². The first kappa shape index (κ1) is 27.3. The van der Waals surface area contributed by atoms with Crippen molar-refractivity contribution in [3.63, 3.8) is 0 Å². The number of anilines is 1. The molecular weight excluding hydrogens is 507 g/mol. The maximum absolute atomic E-state index is 13.3. The van der Waals surface area contributed by atoms with Crippen LogP contribution in [-0.2, 0) is 36.3 Å². The summed E-state index contributed by atoms with van der Waals surface area (Å²) in [4.78, 5) is 42.7. The van der Waals surface area contributed by atoms with E-state index in [1.165, 1.54) is 23.7 Å². The molecule has 1 saturated carbocycles. The standard InChI is InChI=1S/C25H30F3N5O5/c1-24(2,3)38-23(36)37-17-11-10-16(12-17)29-21-30-19-18(31(21)4)20(34)33(22(35)32(19)5)13-14-6-8-15(9-7-14)25(26,27)28/h6-9,16-17H,10-13H2,1-5H3,(H,29,30)/t16-,17+/m0/s1. The normalized spacial score (nSPS) is 18.1. The van der Waals surface area contributed by atoms with Crippen molar-refractivity contribution in [3.8, 4) is 0 Å². The molecule has 4 rings (SSSR count). The largest absolute Gasteiger partial charge is 0.509 e. The van der Waals surface area contributed by atoms with Gasteiger partial charge >= 0.3 is 18.0 Å². The summed E-state index contributed by atoms with van der Waals surface area (Å²) in [6, 6.07) is 4.22. The fourth-order valence-electron chi connectivity index (χ4n) is 4.46. The zero-order valence-corrected chi connectivity index (χ0v) is 21.8. The first-order chi connectivity index (χ1) is 17.6. The van der Waals surface area contributed by atoms with Crippen LogP contribution in [0.5, 0.6) is 0 Å². The lowest BCUT2D eigenvalue weighted by Crippen LogP contribution is -2.39. The number of carbonyl (C=O) groups excluding carboxylic acids is 1. The number of hydrogen-bond acceptors (Lipinski definition) is 7. The molecule has 13 heteroatoms. The number of halogens is 3. The van der Waals surface area contributed by atoms with E-state index in [0.29, 0.717) is 30.8 Å². The molecule has 1 N–H and O–H groups in total. The zero-order valence-electron chi connectivity index (χ0n) is 21.8. The minimum atomic E-state index is -4.48. The van der Waals surface area contributed by atoms with Crippen LogP contribution in [0.2, 0.25) is 0 Å². The Labute approximate surface area is 216 Å². The summed E-state index contributed by atoms with van der Waals surface area (Å²) < 4.78 is 53.0. The second-order valence-electron chi connectivity index (χ2n) is 10.5. The molecule has 0 spiro atoms. The molecule has 0 saturated heterocycles. The lowest BCUT2D eigenvalue weighted by atomic mass is 10.1. The number of nitrogens with zero attached hydrogens (tertiary/aromatic N) is 4. The maximum Gasteiger partial charge on any atom is 0.509 e. The van der Waals surface area contributed by atoms with Crippen molar-refractivity contribution >= 4 is 23.3 Å². The molecule has 0 radical (unpaired) electrons. The third-order valence-corrected chi connectivity index (χ3v) is 6.35. The molecular formula is C25H30F3N5O5. The van der Waals surface area contributed by atoms with E-state index < -0.39 is 34.7 Å². The molecule has 1 aliphatic carbocycles. The number of hydrogen-bond donors (Lipinski definition) is 1. The molecule has 2 atom stereocenters. The van der Waals surface area contributed by atoms with Crippen molar-refractivity contribution in [1.29, 1.82) is 0 Å². The summed E-state index contributed by atoms with van der Waals surface area (Å²) in [5.41, 5.74) is -2.00. The monoisotopic (exact) mass is 537 g/mol. The van der Waals surface area contributed by atoms with Crippen LogP contribution in [0.4, 0.5) is 23.9 Å². The number of alkyl halides is 3. The smallest absolute Gasteiger partial charge is 0.431 e. The van der Waals surface area contributed by atoms with Crippen LogP contribution < -0.4 is 16.6 Å². The topological polar surface area (TPSA) is 109 Å². The minimum Gasteiger partial charge on any atom is -0.431 e. The van der Waals surface area contributed by atoms with Gasteiger partial charge in [-0.15, -0.1) is 0 Å². The first-order valence-corrected chi connectivity index (χ1v) is 12.1. The van der Waals surface area contributed by atoms with E-state index >= 15 is 0 Å². The second kappa shape index (κ2) is 9.84. The number of aryl methyl sites for hydroxylation is 2. The predicted molar refractivity (Wildman–Crippen MR) is 133 cm³/mol. The van der Waals surface area contributed by atoms with Crippen LogP contribution in [-0.4, -0.2) is 42.6 Å². The van der Waals surface area contributed by atoms with E-state index in [9.17, 15) is 27.6 Å². The van der Waals surface area contributed by atoms with Gasteiger partial charge in [-0.25, -0.2) is 9.59 Å². The Morgan fingerprint density at radius 2 is 1.74 bits per heavy atom. The van der Waals surface area contributed by atoms with Gasteiger partial charge in [0.05, 0.1) is 12.1 Å². The van der Waals surface area contributed by atoms with Gasteiger partial charge in [-0.2, -0.15) is 18.2 Å². The van der Waals surface area contributed by atoms with Crippen molar-refractivity contribution in [3.05, 3.63) is 56.2 Å². The van der Waals surface area contributed by atoms with Crippen molar-refractivity contribution in [1.82, 2.24) is 18.7 Å². The Balaban J connectivity index is 1.55. The number of benzene rings is 1. The van der Waals surface area contributed by atoms with E-state index in [4.69, 9.17) is 9.47 Å². The quantitative estimate of drug-likeness (QED) is 0.494. The summed E-state index contributed by atoms with van der Waals surface area (Å²) in [6.45, 7) is 5.07. The Bertz CT molecular complexity index is 1460. The molecule has 0 unspecified atom stereocenters. The maximum atomic E-state index is 13.3. The molecule has 0 amide bonds. The number of imidazole rings is 1. The lowest BCUT2D eigenvalue weighted by molar-refractivity contribution is -0.137. The number of ether oxygens (including phenoxy) is 2. The van der Waals surface area contributed by atoms with Gasteiger partial charge in [0.2, 0.25) is 5.95 Å². The van der Waals surface area contributed by atoms with Gasteiger partial charge < -0.3 is 19.4 Å².